The highest BCUT2D eigenvalue weighted by Gasteiger charge is 2.12. The predicted molar refractivity (Wildman–Crippen MR) is 74.7 cm³/mol. The zero-order valence-corrected chi connectivity index (χ0v) is 11.1. The first-order valence-electron chi connectivity index (χ1n) is 6.81. The van der Waals surface area contributed by atoms with Gasteiger partial charge < -0.3 is 9.80 Å². The fourth-order valence-corrected chi connectivity index (χ4v) is 2.45. The lowest BCUT2D eigenvalue weighted by Crippen LogP contribution is -2.38. The second-order valence-corrected chi connectivity index (χ2v) is 4.79. The minimum atomic E-state index is 0.737. The molecule has 18 heavy (non-hydrogen) atoms. The SMILES string of the molecule is CCN1CCCCN(c2ccc(C#N)cc2)CC1. The van der Waals surface area contributed by atoms with Gasteiger partial charge in [0.25, 0.3) is 0 Å². The zero-order valence-electron chi connectivity index (χ0n) is 11.1. The van der Waals surface area contributed by atoms with E-state index in [0.29, 0.717) is 0 Å². The molecule has 1 aromatic carbocycles. The van der Waals surface area contributed by atoms with Crippen molar-refractivity contribution in [2.75, 3.05) is 37.6 Å². The summed E-state index contributed by atoms with van der Waals surface area (Å²) in [6.07, 6.45) is 2.52. The molecule has 3 heteroatoms. The van der Waals surface area contributed by atoms with E-state index in [-0.39, 0.29) is 0 Å². The van der Waals surface area contributed by atoms with Crippen LogP contribution in [0.15, 0.2) is 24.3 Å². The summed E-state index contributed by atoms with van der Waals surface area (Å²) >= 11 is 0. The van der Waals surface area contributed by atoms with Crippen molar-refractivity contribution in [3.63, 3.8) is 0 Å². The maximum Gasteiger partial charge on any atom is 0.0991 e. The molecule has 1 aliphatic heterocycles. The van der Waals surface area contributed by atoms with Crippen LogP contribution < -0.4 is 4.90 Å². The van der Waals surface area contributed by atoms with Crippen LogP contribution in [0.1, 0.15) is 25.3 Å². The van der Waals surface area contributed by atoms with Crippen LogP contribution in [0.5, 0.6) is 0 Å². The van der Waals surface area contributed by atoms with Crippen molar-refractivity contribution in [3.05, 3.63) is 29.8 Å². The molecule has 1 aliphatic rings. The Bertz CT molecular complexity index is 405. The molecule has 2 rings (SSSR count). The number of hydrogen-bond donors (Lipinski definition) is 0. The largest absolute Gasteiger partial charge is 0.370 e. The van der Waals surface area contributed by atoms with Gasteiger partial charge in [0.1, 0.15) is 0 Å². The van der Waals surface area contributed by atoms with Crippen LogP contribution in [0.2, 0.25) is 0 Å². The Kier molecular flexibility index (Phi) is 4.60. The van der Waals surface area contributed by atoms with E-state index in [0.717, 1.165) is 31.7 Å². The van der Waals surface area contributed by atoms with Crippen molar-refractivity contribution in [1.82, 2.24) is 4.90 Å². The Morgan fingerprint density at radius 2 is 1.78 bits per heavy atom. The molecule has 1 fully saturated rings. The molecule has 0 amide bonds. The summed E-state index contributed by atoms with van der Waals surface area (Å²) in [6, 6.07) is 10.1. The third kappa shape index (κ3) is 3.24. The monoisotopic (exact) mass is 243 g/mol. The molecule has 0 radical (unpaired) electrons. The fourth-order valence-electron chi connectivity index (χ4n) is 2.45. The van der Waals surface area contributed by atoms with E-state index in [9.17, 15) is 0 Å². The van der Waals surface area contributed by atoms with Crippen molar-refractivity contribution in [2.45, 2.75) is 19.8 Å². The second kappa shape index (κ2) is 6.42. The summed E-state index contributed by atoms with van der Waals surface area (Å²) in [6.45, 7) is 7.95. The van der Waals surface area contributed by atoms with Gasteiger partial charge >= 0.3 is 0 Å². The van der Waals surface area contributed by atoms with Crippen LogP contribution in [0.3, 0.4) is 0 Å². The predicted octanol–water partition coefficient (Wildman–Crippen LogP) is 2.48. The highest BCUT2D eigenvalue weighted by molar-refractivity contribution is 5.49. The van der Waals surface area contributed by atoms with E-state index in [4.69, 9.17) is 5.26 Å². The van der Waals surface area contributed by atoms with E-state index in [1.807, 2.05) is 12.1 Å². The fraction of sp³-hybridized carbons (Fsp3) is 0.533. The number of nitrogens with zero attached hydrogens (tertiary/aromatic N) is 3. The summed E-state index contributed by atoms with van der Waals surface area (Å²) < 4.78 is 0. The summed E-state index contributed by atoms with van der Waals surface area (Å²) in [7, 11) is 0. The summed E-state index contributed by atoms with van der Waals surface area (Å²) in [4.78, 5) is 4.94. The van der Waals surface area contributed by atoms with Gasteiger partial charge in [-0.05, 0) is 50.2 Å². The highest BCUT2D eigenvalue weighted by Crippen LogP contribution is 2.17. The Labute approximate surface area is 110 Å². The smallest absolute Gasteiger partial charge is 0.0991 e. The lowest BCUT2D eigenvalue weighted by atomic mass is 10.1. The molecule has 0 atom stereocenters. The molecule has 1 aromatic rings. The normalized spacial score (nSPS) is 17.9. The van der Waals surface area contributed by atoms with Gasteiger partial charge in [-0.25, -0.2) is 0 Å². The van der Waals surface area contributed by atoms with Crippen LogP contribution in [0.25, 0.3) is 0 Å². The van der Waals surface area contributed by atoms with Gasteiger partial charge in [-0.15, -0.1) is 0 Å². The quantitative estimate of drug-likeness (QED) is 0.799. The van der Waals surface area contributed by atoms with E-state index < -0.39 is 0 Å². The molecule has 0 aromatic heterocycles. The molecule has 0 aliphatic carbocycles. The maximum absolute atomic E-state index is 8.82. The first-order valence-corrected chi connectivity index (χ1v) is 6.81. The van der Waals surface area contributed by atoms with Crippen LogP contribution in [-0.4, -0.2) is 37.6 Å². The Balaban J connectivity index is 2.03. The summed E-state index contributed by atoms with van der Waals surface area (Å²) in [5.74, 6) is 0. The molecule has 1 saturated heterocycles. The van der Waals surface area contributed by atoms with Gasteiger partial charge in [0.05, 0.1) is 11.6 Å². The standard InChI is InChI=1S/C15H21N3/c1-2-17-9-3-4-10-18(12-11-17)15-7-5-14(13-16)6-8-15/h5-8H,2-4,9-12H2,1H3. The van der Waals surface area contributed by atoms with Crippen molar-refractivity contribution < 1.29 is 0 Å². The van der Waals surface area contributed by atoms with E-state index in [1.54, 1.807) is 0 Å². The molecular formula is C15H21N3. The molecule has 0 spiro atoms. The van der Waals surface area contributed by atoms with Gasteiger partial charge in [0.15, 0.2) is 0 Å². The number of hydrogen-bond acceptors (Lipinski definition) is 3. The highest BCUT2D eigenvalue weighted by atomic mass is 15.2. The van der Waals surface area contributed by atoms with Gasteiger partial charge in [-0.2, -0.15) is 5.26 Å². The van der Waals surface area contributed by atoms with Gasteiger partial charge in [-0.3, -0.25) is 0 Å². The molecule has 0 N–H and O–H groups in total. The minimum Gasteiger partial charge on any atom is -0.370 e. The molecular weight excluding hydrogens is 222 g/mol. The van der Waals surface area contributed by atoms with E-state index in [2.05, 4.69) is 34.9 Å². The Morgan fingerprint density at radius 1 is 1.06 bits per heavy atom. The lowest BCUT2D eigenvalue weighted by Gasteiger charge is -2.31. The zero-order chi connectivity index (χ0) is 12.8. The Morgan fingerprint density at radius 3 is 2.44 bits per heavy atom. The Hall–Kier alpha value is -1.53. The maximum atomic E-state index is 8.82. The summed E-state index contributed by atoms with van der Waals surface area (Å²) in [5, 5.41) is 8.82. The molecule has 1 heterocycles. The van der Waals surface area contributed by atoms with Gasteiger partial charge in [0, 0.05) is 25.3 Å². The number of nitriles is 1. The second-order valence-electron chi connectivity index (χ2n) is 4.79. The van der Waals surface area contributed by atoms with Crippen LogP contribution in [0.4, 0.5) is 5.69 Å². The average molecular weight is 243 g/mol. The number of likely N-dealkylation sites (N-methyl/N-ethyl adjacent to an activating group) is 1. The molecule has 96 valence electrons. The van der Waals surface area contributed by atoms with Crippen molar-refractivity contribution >= 4 is 5.69 Å². The van der Waals surface area contributed by atoms with Gasteiger partial charge in [-0.1, -0.05) is 6.92 Å². The third-order valence-corrected chi connectivity index (χ3v) is 3.65. The molecule has 0 unspecified atom stereocenters. The van der Waals surface area contributed by atoms with Crippen LogP contribution in [-0.2, 0) is 0 Å². The molecule has 0 bridgehead atoms. The van der Waals surface area contributed by atoms with Crippen molar-refractivity contribution in [3.8, 4) is 6.07 Å². The van der Waals surface area contributed by atoms with E-state index >= 15 is 0 Å². The number of benzene rings is 1. The van der Waals surface area contributed by atoms with E-state index in [1.165, 1.54) is 25.1 Å². The number of anilines is 1. The third-order valence-electron chi connectivity index (χ3n) is 3.65. The first kappa shape index (κ1) is 12.9. The molecule has 0 saturated carbocycles. The van der Waals surface area contributed by atoms with Crippen molar-refractivity contribution in [1.29, 1.82) is 5.26 Å². The van der Waals surface area contributed by atoms with Gasteiger partial charge in [0.2, 0.25) is 0 Å². The van der Waals surface area contributed by atoms with Crippen molar-refractivity contribution in [2.24, 2.45) is 0 Å². The topological polar surface area (TPSA) is 30.3 Å². The summed E-state index contributed by atoms with van der Waals surface area (Å²) in [5.41, 5.74) is 1.98. The average Bonchev–Trinajstić information content (AvgIpc) is 2.39. The number of rotatable bonds is 2. The lowest BCUT2D eigenvalue weighted by molar-refractivity contribution is 0.277. The van der Waals surface area contributed by atoms with Crippen LogP contribution >= 0.6 is 0 Å². The molecule has 3 nitrogen and oxygen atoms in total. The first-order chi connectivity index (χ1) is 8.83. The minimum absolute atomic E-state index is 0.737. The van der Waals surface area contributed by atoms with Crippen LogP contribution in [0, 0.1) is 11.3 Å².